The van der Waals surface area contributed by atoms with Crippen molar-refractivity contribution >= 4 is 10.0 Å². The first-order valence-corrected chi connectivity index (χ1v) is 12.1. The molecule has 2 aromatic carbocycles. The second-order valence-corrected chi connectivity index (χ2v) is 9.60. The number of aliphatic hydroxyl groups excluding tert-OH is 1. The van der Waals surface area contributed by atoms with Gasteiger partial charge in [-0.25, -0.2) is 21.9 Å². The van der Waals surface area contributed by atoms with E-state index in [0.717, 1.165) is 37.3 Å². The molecule has 1 aliphatic heterocycles. The van der Waals surface area contributed by atoms with E-state index in [9.17, 15) is 17.2 Å². The third kappa shape index (κ3) is 7.05. The number of benzene rings is 2. The highest BCUT2D eigenvalue weighted by Gasteiger charge is 2.26. The number of aliphatic hydroxyl groups is 1. The van der Waals surface area contributed by atoms with E-state index in [0.29, 0.717) is 13.0 Å². The van der Waals surface area contributed by atoms with Crippen molar-refractivity contribution in [3.63, 3.8) is 0 Å². The lowest BCUT2D eigenvalue weighted by atomic mass is 9.96. The summed E-state index contributed by atoms with van der Waals surface area (Å²) in [7, 11) is -3.36. The molecule has 1 aliphatic rings. The van der Waals surface area contributed by atoms with Crippen LogP contribution in [0.2, 0.25) is 0 Å². The Kier molecular flexibility index (Phi) is 8.50. The summed E-state index contributed by atoms with van der Waals surface area (Å²) in [5.74, 6) is -0.564. The van der Waals surface area contributed by atoms with Crippen LogP contribution in [-0.2, 0) is 10.0 Å². The Hall–Kier alpha value is -1.91. The molecule has 31 heavy (non-hydrogen) atoms. The van der Waals surface area contributed by atoms with Gasteiger partial charge in [0, 0.05) is 32.7 Å². The van der Waals surface area contributed by atoms with E-state index in [1.54, 1.807) is 24.3 Å². The number of nitrogens with zero attached hydrogens (tertiary/aromatic N) is 2. The highest BCUT2D eigenvalue weighted by Crippen LogP contribution is 2.30. The maximum absolute atomic E-state index is 13.4. The normalized spacial score (nSPS) is 16.1. The maximum atomic E-state index is 13.4. The molecule has 170 valence electrons. The van der Waals surface area contributed by atoms with Gasteiger partial charge < -0.3 is 10.0 Å². The zero-order valence-electron chi connectivity index (χ0n) is 17.4. The van der Waals surface area contributed by atoms with Crippen LogP contribution in [0.4, 0.5) is 8.78 Å². The Morgan fingerprint density at radius 2 is 1.42 bits per heavy atom. The quantitative estimate of drug-likeness (QED) is 0.576. The van der Waals surface area contributed by atoms with Crippen LogP contribution in [0.25, 0.3) is 0 Å². The van der Waals surface area contributed by atoms with Gasteiger partial charge in [0.15, 0.2) is 0 Å². The summed E-state index contributed by atoms with van der Waals surface area (Å²) >= 11 is 0. The maximum Gasteiger partial charge on any atom is 0.211 e. The standard InChI is InChI=1S/C22H29F2N3O3S/c23-20-6-2-18(3-7-20)22(19-4-8-21(24)9-5-19)27-14-12-26(13-15-27)11-1-17-31(29,30)25-10-16-28/h2-9,22,25,28H,1,10-17H2. The summed E-state index contributed by atoms with van der Waals surface area (Å²) in [5.41, 5.74) is 1.89. The van der Waals surface area contributed by atoms with Crippen LogP contribution < -0.4 is 4.72 Å². The molecule has 0 unspecified atom stereocenters. The first-order chi connectivity index (χ1) is 14.9. The predicted octanol–water partition coefficient (Wildman–Crippen LogP) is 1.97. The average molecular weight is 454 g/mol. The fourth-order valence-electron chi connectivity index (χ4n) is 3.90. The highest BCUT2D eigenvalue weighted by molar-refractivity contribution is 7.89. The summed E-state index contributed by atoms with van der Waals surface area (Å²) in [6.45, 7) is 3.57. The van der Waals surface area contributed by atoms with Gasteiger partial charge in [-0.2, -0.15) is 0 Å². The van der Waals surface area contributed by atoms with Gasteiger partial charge in [0.1, 0.15) is 11.6 Å². The zero-order chi connectivity index (χ0) is 22.3. The molecule has 0 aliphatic carbocycles. The third-order valence-electron chi connectivity index (χ3n) is 5.46. The Labute approximate surface area is 182 Å². The average Bonchev–Trinajstić information content (AvgIpc) is 2.76. The summed E-state index contributed by atoms with van der Waals surface area (Å²) in [6.07, 6.45) is 0.514. The van der Waals surface area contributed by atoms with Crippen LogP contribution in [0, 0.1) is 11.6 Å². The molecule has 2 aromatic rings. The van der Waals surface area contributed by atoms with Crippen molar-refractivity contribution in [1.82, 2.24) is 14.5 Å². The number of sulfonamides is 1. The van der Waals surface area contributed by atoms with Crippen LogP contribution in [0.1, 0.15) is 23.6 Å². The summed E-state index contributed by atoms with van der Waals surface area (Å²) < 4.78 is 52.9. The second-order valence-electron chi connectivity index (χ2n) is 7.67. The fraction of sp³-hybridized carbons (Fsp3) is 0.455. The number of hydrogen-bond acceptors (Lipinski definition) is 5. The number of nitrogens with one attached hydrogen (secondary N) is 1. The smallest absolute Gasteiger partial charge is 0.211 e. The molecular formula is C22H29F2N3O3S. The van der Waals surface area contributed by atoms with Gasteiger partial charge in [-0.1, -0.05) is 24.3 Å². The zero-order valence-corrected chi connectivity index (χ0v) is 18.2. The molecule has 6 nitrogen and oxygen atoms in total. The van der Waals surface area contributed by atoms with Gasteiger partial charge in [-0.15, -0.1) is 0 Å². The Balaban J connectivity index is 1.60. The SMILES string of the molecule is O=S(=O)(CCCN1CCN(C(c2ccc(F)cc2)c2ccc(F)cc2)CC1)NCCO. The minimum absolute atomic E-state index is 0.0288. The first kappa shape index (κ1) is 23.7. The molecular weight excluding hydrogens is 424 g/mol. The predicted molar refractivity (Wildman–Crippen MR) is 116 cm³/mol. The molecule has 0 amide bonds. The van der Waals surface area contributed by atoms with E-state index >= 15 is 0 Å². The molecule has 1 heterocycles. The molecule has 0 saturated carbocycles. The third-order valence-corrected chi connectivity index (χ3v) is 6.93. The van der Waals surface area contributed by atoms with E-state index in [4.69, 9.17) is 5.11 Å². The first-order valence-electron chi connectivity index (χ1n) is 10.4. The number of hydrogen-bond donors (Lipinski definition) is 2. The van der Waals surface area contributed by atoms with Gasteiger partial charge in [-0.05, 0) is 48.4 Å². The molecule has 1 saturated heterocycles. The fourth-order valence-corrected chi connectivity index (χ4v) is 4.96. The molecule has 3 rings (SSSR count). The molecule has 2 N–H and O–H groups in total. The lowest BCUT2D eigenvalue weighted by molar-refractivity contribution is 0.109. The van der Waals surface area contributed by atoms with E-state index in [1.807, 2.05) is 0 Å². The molecule has 0 bridgehead atoms. The monoisotopic (exact) mass is 453 g/mol. The Morgan fingerprint density at radius 1 is 0.903 bits per heavy atom. The second kappa shape index (κ2) is 11.1. The molecule has 1 fully saturated rings. The van der Waals surface area contributed by atoms with Crippen molar-refractivity contribution in [2.45, 2.75) is 12.5 Å². The largest absolute Gasteiger partial charge is 0.395 e. The van der Waals surface area contributed by atoms with Crippen molar-refractivity contribution in [1.29, 1.82) is 0 Å². The Morgan fingerprint density at radius 3 is 1.90 bits per heavy atom. The Bertz CT molecular complexity index is 871. The van der Waals surface area contributed by atoms with E-state index < -0.39 is 10.0 Å². The van der Waals surface area contributed by atoms with Gasteiger partial charge in [0.2, 0.25) is 10.0 Å². The molecule has 0 atom stereocenters. The molecule has 0 radical (unpaired) electrons. The van der Waals surface area contributed by atoms with Crippen LogP contribution in [0.3, 0.4) is 0 Å². The van der Waals surface area contributed by atoms with E-state index in [1.165, 1.54) is 24.3 Å². The lowest BCUT2D eigenvalue weighted by Crippen LogP contribution is -2.48. The van der Waals surface area contributed by atoms with Crippen LogP contribution >= 0.6 is 0 Å². The molecule has 0 aromatic heterocycles. The van der Waals surface area contributed by atoms with Gasteiger partial charge in [0.25, 0.3) is 0 Å². The number of rotatable bonds is 10. The van der Waals surface area contributed by atoms with Crippen molar-refractivity contribution in [3.05, 3.63) is 71.3 Å². The van der Waals surface area contributed by atoms with Crippen LogP contribution in [0.15, 0.2) is 48.5 Å². The lowest BCUT2D eigenvalue weighted by Gasteiger charge is -2.39. The van der Waals surface area contributed by atoms with Crippen molar-refractivity contribution in [2.24, 2.45) is 0 Å². The van der Waals surface area contributed by atoms with Crippen molar-refractivity contribution in [3.8, 4) is 0 Å². The summed E-state index contributed by atoms with van der Waals surface area (Å²) in [6, 6.07) is 12.7. The minimum Gasteiger partial charge on any atom is -0.395 e. The van der Waals surface area contributed by atoms with E-state index in [-0.39, 0.29) is 36.6 Å². The van der Waals surface area contributed by atoms with Gasteiger partial charge >= 0.3 is 0 Å². The van der Waals surface area contributed by atoms with Crippen LogP contribution in [0.5, 0.6) is 0 Å². The topological polar surface area (TPSA) is 72.9 Å². The summed E-state index contributed by atoms with van der Waals surface area (Å²) in [5, 5.41) is 8.74. The number of piperazine rings is 1. The highest BCUT2D eigenvalue weighted by atomic mass is 32.2. The molecule has 0 spiro atoms. The van der Waals surface area contributed by atoms with Crippen molar-refractivity contribution < 1.29 is 22.3 Å². The van der Waals surface area contributed by atoms with Crippen molar-refractivity contribution in [2.75, 3.05) is 51.6 Å². The van der Waals surface area contributed by atoms with Gasteiger partial charge in [0.05, 0.1) is 18.4 Å². The van der Waals surface area contributed by atoms with Gasteiger partial charge in [-0.3, -0.25) is 4.90 Å². The summed E-state index contributed by atoms with van der Waals surface area (Å²) in [4.78, 5) is 4.51. The minimum atomic E-state index is -3.36. The van der Waals surface area contributed by atoms with Crippen LogP contribution in [-0.4, -0.2) is 75.0 Å². The molecule has 9 heteroatoms. The van der Waals surface area contributed by atoms with E-state index in [2.05, 4.69) is 14.5 Å². The number of halogens is 2.